The molecule has 1 heterocycles. The van der Waals surface area contributed by atoms with E-state index in [1.807, 2.05) is 32.0 Å². The molecule has 1 aromatic carbocycles. The van der Waals surface area contributed by atoms with Crippen molar-refractivity contribution in [3.8, 4) is 0 Å². The van der Waals surface area contributed by atoms with Gasteiger partial charge < -0.3 is 15.4 Å². The van der Waals surface area contributed by atoms with Gasteiger partial charge in [-0.25, -0.2) is 9.97 Å². The van der Waals surface area contributed by atoms with Crippen molar-refractivity contribution in [2.24, 2.45) is 0 Å². The zero-order valence-electron chi connectivity index (χ0n) is 14.0. The van der Waals surface area contributed by atoms with Gasteiger partial charge in [0.2, 0.25) is 11.6 Å². The Bertz CT molecular complexity index is 721. The molecule has 8 heteroatoms. The van der Waals surface area contributed by atoms with Crippen molar-refractivity contribution in [2.75, 3.05) is 30.9 Å². The maximum atomic E-state index is 11.5. The molecule has 0 bridgehead atoms. The average Bonchev–Trinajstić information content (AvgIpc) is 2.55. The van der Waals surface area contributed by atoms with Gasteiger partial charge in [0.05, 0.1) is 4.92 Å². The van der Waals surface area contributed by atoms with Crippen LogP contribution in [0.3, 0.4) is 0 Å². The fourth-order valence-corrected chi connectivity index (χ4v) is 2.19. The number of benzene rings is 1. The number of anilines is 3. The van der Waals surface area contributed by atoms with Crippen LogP contribution in [0.2, 0.25) is 0 Å². The van der Waals surface area contributed by atoms with Crippen LogP contribution in [-0.4, -0.2) is 35.2 Å². The number of aryl methyl sites for hydroxylation is 2. The summed E-state index contributed by atoms with van der Waals surface area (Å²) in [5.41, 5.74) is 2.64. The zero-order valence-corrected chi connectivity index (χ0v) is 14.0. The summed E-state index contributed by atoms with van der Waals surface area (Å²) >= 11 is 0. The van der Waals surface area contributed by atoms with Crippen molar-refractivity contribution in [3.05, 3.63) is 45.8 Å². The van der Waals surface area contributed by atoms with Gasteiger partial charge in [0.15, 0.2) is 0 Å². The first-order chi connectivity index (χ1) is 11.5. The number of hydrogen-bond donors (Lipinski definition) is 2. The van der Waals surface area contributed by atoms with Crippen LogP contribution in [0.4, 0.5) is 23.0 Å². The minimum absolute atomic E-state index is 0.165. The molecular weight excluding hydrogens is 310 g/mol. The normalized spacial score (nSPS) is 10.5. The third kappa shape index (κ3) is 4.39. The number of nitrogens with one attached hydrogen (secondary N) is 2. The number of nitrogens with zero attached hydrogens (tertiary/aromatic N) is 3. The predicted octanol–water partition coefficient (Wildman–Crippen LogP) is 3.19. The predicted molar refractivity (Wildman–Crippen MR) is 92.9 cm³/mol. The summed E-state index contributed by atoms with van der Waals surface area (Å²) in [5, 5.41) is 17.5. The molecule has 0 fully saturated rings. The highest BCUT2D eigenvalue weighted by Gasteiger charge is 2.23. The summed E-state index contributed by atoms with van der Waals surface area (Å²) in [6.45, 7) is 4.98. The van der Waals surface area contributed by atoms with Crippen LogP contribution in [0.25, 0.3) is 0 Å². The van der Waals surface area contributed by atoms with E-state index in [1.165, 1.54) is 6.33 Å². The lowest BCUT2D eigenvalue weighted by Crippen LogP contribution is -2.10. The number of methoxy groups -OCH3 is 1. The highest BCUT2D eigenvalue weighted by Crippen LogP contribution is 2.32. The first kappa shape index (κ1) is 17.6. The van der Waals surface area contributed by atoms with Gasteiger partial charge in [0.1, 0.15) is 6.33 Å². The van der Waals surface area contributed by atoms with Gasteiger partial charge in [0.25, 0.3) is 0 Å². The van der Waals surface area contributed by atoms with E-state index in [1.54, 1.807) is 7.11 Å². The summed E-state index contributed by atoms with van der Waals surface area (Å²) in [5.74, 6) is 0.358. The molecule has 8 nitrogen and oxygen atoms in total. The minimum Gasteiger partial charge on any atom is -0.385 e. The first-order valence-electron chi connectivity index (χ1n) is 7.59. The highest BCUT2D eigenvalue weighted by atomic mass is 16.6. The Labute approximate surface area is 140 Å². The zero-order chi connectivity index (χ0) is 17.5. The van der Waals surface area contributed by atoms with E-state index in [9.17, 15) is 10.1 Å². The number of nitro groups is 1. The molecule has 0 aliphatic heterocycles. The van der Waals surface area contributed by atoms with Crippen molar-refractivity contribution in [3.63, 3.8) is 0 Å². The lowest BCUT2D eigenvalue weighted by atomic mass is 10.1. The lowest BCUT2D eigenvalue weighted by Gasteiger charge is -2.12. The molecule has 0 aliphatic carbocycles. The smallest absolute Gasteiger partial charge is 0.353 e. The molecule has 0 saturated carbocycles. The van der Waals surface area contributed by atoms with Crippen molar-refractivity contribution in [1.29, 1.82) is 0 Å². The van der Waals surface area contributed by atoms with Gasteiger partial charge in [-0.2, -0.15) is 0 Å². The maximum Gasteiger partial charge on any atom is 0.353 e. The van der Waals surface area contributed by atoms with Crippen LogP contribution in [0.15, 0.2) is 24.5 Å². The van der Waals surface area contributed by atoms with Gasteiger partial charge in [-0.3, -0.25) is 10.1 Å². The Morgan fingerprint density at radius 2 is 2.00 bits per heavy atom. The Kier molecular flexibility index (Phi) is 6.02. The minimum atomic E-state index is -0.480. The molecule has 0 aliphatic rings. The van der Waals surface area contributed by atoms with Crippen LogP contribution in [0.5, 0.6) is 0 Å². The van der Waals surface area contributed by atoms with Gasteiger partial charge in [0, 0.05) is 25.9 Å². The summed E-state index contributed by atoms with van der Waals surface area (Å²) in [6, 6.07) is 5.86. The van der Waals surface area contributed by atoms with E-state index in [-0.39, 0.29) is 17.3 Å². The molecule has 0 atom stereocenters. The number of rotatable bonds is 8. The van der Waals surface area contributed by atoms with Crippen molar-refractivity contribution < 1.29 is 9.66 Å². The molecule has 0 radical (unpaired) electrons. The second-order valence-corrected chi connectivity index (χ2v) is 5.39. The fourth-order valence-electron chi connectivity index (χ4n) is 2.19. The molecule has 24 heavy (non-hydrogen) atoms. The number of ether oxygens (including phenoxy) is 1. The van der Waals surface area contributed by atoms with Gasteiger partial charge in [-0.05, 0) is 37.5 Å². The van der Waals surface area contributed by atoms with E-state index in [4.69, 9.17) is 4.74 Å². The van der Waals surface area contributed by atoms with E-state index < -0.39 is 4.92 Å². The summed E-state index contributed by atoms with van der Waals surface area (Å²) < 4.78 is 4.97. The Morgan fingerprint density at radius 3 is 2.71 bits per heavy atom. The molecule has 2 N–H and O–H groups in total. The van der Waals surface area contributed by atoms with Crippen molar-refractivity contribution in [1.82, 2.24) is 9.97 Å². The molecule has 1 aromatic heterocycles. The topological polar surface area (TPSA) is 102 Å². The van der Waals surface area contributed by atoms with Crippen LogP contribution >= 0.6 is 0 Å². The summed E-state index contributed by atoms with van der Waals surface area (Å²) in [7, 11) is 1.61. The second kappa shape index (κ2) is 8.21. The molecule has 0 unspecified atom stereocenters. The van der Waals surface area contributed by atoms with E-state index in [0.29, 0.717) is 13.2 Å². The number of aromatic nitrogens is 2. The summed E-state index contributed by atoms with van der Waals surface area (Å²) in [4.78, 5) is 19.1. The SMILES string of the molecule is COCCCNc1ncnc(Nc2cc(C)ccc2C)c1[N+](=O)[O-]. The number of hydrogen-bond acceptors (Lipinski definition) is 7. The first-order valence-corrected chi connectivity index (χ1v) is 7.59. The average molecular weight is 331 g/mol. The van der Waals surface area contributed by atoms with Gasteiger partial charge in [-0.15, -0.1) is 0 Å². The Balaban J connectivity index is 2.29. The maximum absolute atomic E-state index is 11.5. The second-order valence-electron chi connectivity index (χ2n) is 5.39. The van der Waals surface area contributed by atoms with E-state index in [2.05, 4.69) is 20.6 Å². The van der Waals surface area contributed by atoms with Crippen molar-refractivity contribution in [2.45, 2.75) is 20.3 Å². The van der Waals surface area contributed by atoms with Crippen LogP contribution in [0, 0.1) is 24.0 Å². The van der Waals surface area contributed by atoms with Gasteiger partial charge >= 0.3 is 5.69 Å². The summed E-state index contributed by atoms with van der Waals surface area (Å²) in [6.07, 6.45) is 2.02. The monoisotopic (exact) mass is 331 g/mol. The van der Waals surface area contributed by atoms with Gasteiger partial charge in [-0.1, -0.05) is 12.1 Å². The molecular formula is C16H21N5O3. The van der Waals surface area contributed by atoms with E-state index >= 15 is 0 Å². The lowest BCUT2D eigenvalue weighted by molar-refractivity contribution is -0.383. The third-order valence-corrected chi connectivity index (χ3v) is 3.47. The van der Waals surface area contributed by atoms with Crippen LogP contribution in [-0.2, 0) is 4.74 Å². The largest absolute Gasteiger partial charge is 0.385 e. The van der Waals surface area contributed by atoms with Crippen molar-refractivity contribution >= 4 is 23.0 Å². The molecule has 2 rings (SSSR count). The third-order valence-electron chi connectivity index (χ3n) is 3.47. The molecule has 0 saturated heterocycles. The molecule has 128 valence electrons. The molecule has 0 spiro atoms. The molecule has 0 amide bonds. The van der Waals surface area contributed by atoms with Crippen LogP contribution in [0.1, 0.15) is 17.5 Å². The highest BCUT2D eigenvalue weighted by molar-refractivity contribution is 5.74. The molecule has 2 aromatic rings. The Morgan fingerprint density at radius 1 is 1.25 bits per heavy atom. The quantitative estimate of drug-likeness (QED) is 0.435. The standard InChI is InChI=1S/C16H21N5O3/c1-11-5-6-12(2)13(9-11)20-16-14(21(22)23)15(18-10-19-16)17-7-4-8-24-3/h5-6,9-10H,4,7-8H2,1-3H3,(H2,17,18,19,20). The fraction of sp³-hybridized carbons (Fsp3) is 0.375. The van der Waals surface area contributed by atoms with E-state index in [0.717, 1.165) is 23.2 Å². The Hall–Kier alpha value is -2.74. The van der Waals surface area contributed by atoms with Crippen LogP contribution < -0.4 is 10.6 Å².